The third kappa shape index (κ3) is 3.02. The molecular formula is C11H16N4S2. The van der Waals surface area contributed by atoms with Crippen molar-refractivity contribution in [3.05, 3.63) is 27.4 Å². The van der Waals surface area contributed by atoms with Gasteiger partial charge >= 0.3 is 0 Å². The van der Waals surface area contributed by atoms with E-state index in [1.807, 2.05) is 7.05 Å². The van der Waals surface area contributed by atoms with Crippen LogP contribution < -0.4 is 5.32 Å². The van der Waals surface area contributed by atoms with Crippen LogP contribution in [0.2, 0.25) is 0 Å². The number of thiophene rings is 1. The van der Waals surface area contributed by atoms with Crippen LogP contribution in [-0.2, 0) is 6.54 Å². The van der Waals surface area contributed by atoms with Crippen LogP contribution in [0.5, 0.6) is 0 Å². The molecule has 17 heavy (non-hydrogen) atoms. The Hall–Kier alpha value is -0.980. The molecule has 2 rings (SSSR count). The van der Waals surface area contributed by atoms with Gasteiger partial charge in [0.2, 0.25) is 5.13 Å². The molecule has 2 aromatic rings. The number of nitrogens with one attached hydrogen (secondary N) is 1. The van der Waals surface area contributed by atoms with Gasteiger partial charge in [0.25, 0.3) is 0 Å². The van der Waals surface area contributed by atoms with Crippen LogP contribution in [0.25, 0.3) is 0 Å². The summed E-state index contributed by atoms with van der Waals surface area (Å²) in [5.74, 6) is 0. The Labute approximate surface area is 109 Å². The second kappa shape index (κ2) is 5.57. The normalized spacial score (nSPS) is 12.9. The standard InChI is InChI=1S/C11H16N4S2/c1-8(9-5-4-6-16-9)15(3)7-10-13-14-11(12-2)17-10/h4-6,8H,7H2,1-3H3,(H,12,14). The van der Waals surface area contributed by atoms with Gasteiger partial charge in [-0.25, -0.2) is 0 Å². The van der Waals surface area contributed by atoms with Crippen molar-refractivity contribution in [3.8, 4) is 0 Å². The predicted octanol–water partition coefficient (Wildman–Crippen LogP) is 2.83. The maximum absolute atomic E-state index is 4.16. The molecule has 2 heterocycles. The highest BCUT2D eigenvalue weighted by Crippen LogP contribution is 2.25. The van der Waals surface area contributed by atoms with Gasteiger partial charge in [0.05, 0.1) is 6.54 Å². The summed E-state index contributed by atoms with van der Waals surface area (Å²) in [5, 5.41) is 15.2. The van der Waals surface area contributed by atoms with Crippen molar-refractivity contribution in [2.75, 3.05) is 19.4 Å². The van der Waals surface area contributed by atoms with E-state index in [0.717, 1.165) is 16.7 Å². The van der Waals surface area contributed by atoms with Gasteiger partial charge in [-0.1, -0.05) is 17.4 Å². The van der Waals surface area contributed by atoms with E-state index < -0.39 is 0 Å². The van der Waals surface area contributed by atoms with Gasteiger partial charge < -0.3 is 5.32 Å². The number of hydrogen-bond acceptors (Lipinski definition) is 6. The highest BCUT2D eigenvalue weighted by atomic mass is 32.1. The van der Waals surface area contributed by atoms with Crippen molar-refractivity contribution in [3.63, 3.8) is 0 Å². The predicted molar refractivity (Wildman–Crippen MR) is 73.7 cm³/mol. The lowest BCUT2D eigenvalue weighted by Gasteiger charge is -2.22. The number of rotatable bonds is 5. The Bertz CT molecular complexity index is 452. The van der Waals surface area contributed by atoms with Gasteiger partial charge in [0, 0.05) is 18.0 Å². The van der Waals surface area contributed by atoms with Crippen molar-refractivity contribution in [1.82, 2.24) is 15.1 Å². The van der Waals surface area contributed by atoms with Gasteiger partial charge in [-0.15, -0.1) is 21.5 Å². The van der Waals surface area contributed by atoms with Crippen LogP contribution in [0.4, 0.5) is 5.13 Å². The Kier molecular flexibility index (Phi) is 4.09. The van der Waals surface area contributed by atoms with E-state index in [2.05, 4.69) is 51.9 Å². The second-order valence-electron chi connectivity index (χ2n) is 3.86. The van der Waals surface area contributed by atoms with Gasteiger partial charge in [-0.2, -0.15) is 0 Å². The van der Waals surface area contributed by atoms with Crippen LogP contribution in [0.1, 0.15) is 22.9 Å². The average molecular weight is 268 g/mol. The highest BCUT2D eigenvalue weighted by Gasteiger charge is 2.14. The Morgan fingerprint density at radius 3 is 2.88 bits per heavy atom. The largest absolute Gasteiger partial charge is 0.363 e. The maximum atomic E-state index is 4.16. The minimum absolute atomic E-state index is 0.414. The molecule has 0 bridgehead atoms. The molecule has 0 radical (unpaired) electrons. The molecule has 0 aliphatic heterocycles. The van der Waals surface area contributed by atoms with Crippen LogP contribution in [0.3, 0.4) is 0 Å². The number of nitrogens with zero attached hydrogens (tertiary/aromatic N) is 3. The zero-order valence-electron chi connectivity index (χ0n) is 10.2. The van der Waals surface area contributed by atoms with Crippen LogP contribution in [0.15, 0.2) is 17.5 Å². The molecule has 0 aromatic carbocycles. The third-order valence-corrected chi connectivity index (χ3v) is 4.65. The topological polar surface area (TPSA) is 41.1 Å². The zero-order chi connectivity index (χ0) is 12.3. The molecule has 0 saturated heterocycles. The zero-order valence-corrected chi connectivity index (χ0v) is 11.8. The summed E-state index contributed by atoms with van der Waals surface area (Å²) in [6, 6.07) is 4.68. The molecule has 0 aliphatic rings. The summed E-state index contributed by atoms with van der Waals surface area (Å²) >= 11 is 3.40. The summed E-state index contributed by atoms with van der Waals surface area (Å²) < 4.78 is 0. The Balaban J connectivity index is 1.99. The lowest BCUT2D eigenvalue weighted by Crippen LogP contribution is -2.21. The molecule has 1 unspecified atom stereocenters. The van der Waals surface area contributed by atoms with E-state index >= 15 is 0 Å². The van der Waals surface area contributed by atoms with Crippen LogP contribution in [-0.4, -0.2) is 29.2 Å². The summed E-state index contributed by atoms with van der Waals surface area (Å²) in [4.78, 5) is 3.66. The summed E-state index contributed by atoms with van der Waals surface area (Å²) in [6.45, 7) is 3.05. The number of hydrogen-bond donors (Lipinski definition) is 1. The fourth-order valence-electron chi connectivity index (χ4n) is 1.52. The lowest BCUT2D eigenvalue weighted by molar-refractivity contribution is 0.255. The van der Waals surface area contributed by atoms with Gasteiger partial charge in [-0.05, 0) is 25.4 Å². The summed E-state index contributed by atoms with van der Waals surface area (Å²) in [7, 11) is 3.98. The fraction of sp³-hybridized carbons (Fsp3) is 0.455. The Morgan fingerprint density at radius 1 is 1.47 bits per heavy atom. The minimum Gasteiger partial charge on any atom is -0.363 e. The minimum atomic E-state index is 0.414. The second-order valence-corrected chi connectivity index (χ2v) is 5.90. The van der Waals surface area contributed by atoms with E-state index in [1.165, 1.54) is 4.88 Å². The lowest BCUT2D eigenvalue weighted by atomic mass is 10.2. The first-order valence-electron chi connectivity index (χ1n) is 5.44. The average Bonchev–Trinajstić information content (AvgIpc) is 2.98. The van der Waals surface area contributed by atoms with Gasteiger partial charge in [-0.3, -0.25) is 4.90 Å². The number of anilines is 1. The van der Waals surface area contributed by atoms with Crippen molar-refractivity contribution >= 4 is 27.8 Å². The first-order chi connectivity index (χ1) is 8.20. The Morgan fingerprint density at radius 2 is 2.29 bits per heavy atom. The molecule has 4 nitrogen and oxygen atoms in total. The third-order valence-electron chi connectivity index (χ3n) is 2.68. The maximum Gasteiger partial charge on any atom is 0.205 e. The summed E-state index contributed by atoms with van der Waals surface area (Å²) in [6.07, 6.45) is 0. The molecule has 2 aromatic heterocycles. The van der Waals surface area contributed by atoms with E-state index in [0.29, 0.717) is 6.04 Å². The molecule has 0 spiro atoms. The van der Waals surface area contributed by atoms with Crippen LogP contribution >= 0.6 is 22.7 Å². The first kappa shape index (κ1) is 12.5. The smallest absolute Gasteiger partial charge is 0.205 e. The van der Waals surface area contributed by atoms with E-state index in [9.17, 15) is 0 Å². The molecule has 0 amide bonds. The van der Waals surface area contributed by atoms with Crippen molar-refractivity contribution in [2.24, 2.45) is 0 Å². The van der Waals surface area contributed by atoms with Crippen molar-refractivity contribution < 1.29 is 0 Å². The first-order valence-corrected chi connectivity index (χ1v) is 7.14. The fourth-order valence-corrected chi connectivity index (χ4v) is 3.12. The van der Waals surface area contributed by atoms with Crippen LogP contribution in [0, 0.1) is 0 Å². The molecule has 6 heteroatoms. The quantitative estimate of drug-likeness (QED) is 0.905. The molecule has 1 N–H and O–H groups in total. The molecule has 0 fully saturated rings. The molecule has 0 aliphatic carbocycles. The highest BCUT2D eigenvalue weighted by molar-refractivity contribution is 7.15. The molecule has 92 valence electrons. The molecular weight excluding hydrogens is 252 g/mol. The van der Waals surface area contributed by atoms with Gasteiger partial charge in [0.1, 0.15) is 5.01 Å². The number of aromatic nitrogens is 2. The van der Waals surface area contributed by atoms with E-state index in [-0.39, 0.29) is 0 Å². The van der Waals surface area contributed by atoms with E-state index in [1.54, 1.807) is 22.7 Å². The summed E-state index contributed by atoms with van der Waals surface area (Å²) in [5.41, 5.74) is 0. The monoisotopic (exact) mass is 268 g/mol. The van der Waals surface area contributed by atoms with E-state index in [4.69, 9.17) is 0 Å². The molecule has 0 saturated carbocycles. The molecule has 1 atom stereocenters. The van der Waals surface area contributed by atoms with Crippen molar-refractivity contribution in [2.45, 2.75) is 19.5 Å². The van der Waals surface area contributed by atoms with Crippen molar-refractivity contribution in [1.29, 1.82) is 0 Å². The SMILES string of the molecule is CNc1nnc(CN(C)C(C)c2cccs2)s1. The van der Waals surface area contributed by atoms with Gasteiger partial charge in [0.15, 0.2) is 0 Å².